The van der Waals surface area contributed by atoms with Crippen molar-refractivity contribution in [3.8, 4) is 0 Å². The van der Waals surface area contributed by atoms with Gasteiger partial charge in [-0.15, -0.1) is 0 Å². The number of aryl methyl sites for hydroxylation is 1. The van der Waals surface area contributed by atoms with Gasteiger partial charge in [0.15, 0.2) is 5.82 Å². The summed E-state index contributed by atoms with van der Waals surface area (Å²) in [5, 5.41) is 9.43. The van der Waals surface area contributed by atoms with E-state index in [-0.39, 0.29) is 22.9 Å². The zero-order chi connectivity index (χ0) is 20.5. The molecule has 1 saturated heterocycles. The van der Waals surface area contributed by atoms with Gasteiger partial charge in [-0.2, -0.15) is 0 Å². The molecule has 3 fully saturated rings. The predicted octanol–water partition coefficient (Wildman–Crippen LogP) is 3.03. The van der Waals surface area contributed by atoms with Crippen LogP contribution in [0.25, 0.3) is 5.52 Å². The highest BCUT2D eigenvalue weighted by Crippen LogP contribution is 2.48. The first kappa shape index (κ1) is 18.6. The zero-order valence-electron chi connectivity index (χ0n) is 16.6. The number of hydrogen-bond acceptors (Lipinski definition) is 4. The van der Waals surface area contributed by atoms with Gasteiger partial charge in [-0.05, 0) is 62.1 Å². The molecule has 7 heteroatoms. The van der Waals surface area contributed by atoms with Crippen molar-refractivity contribution in [2.24, 2.45) is 11.1 Å². The second-order valence-electron chi connectivity index (χ2n) is 9.10. The molecule has 154 valence electrons. The van der Waals surface area contributed by atoms with E-state index >= 15 is 4.39 Å². The van der Waals surface area contributed by atoms with Gasteiger partial charge in [-0.3, -0.25) is 9.20 Å². The van der Waals surface area contributed by atoms with Crippen LogP contribution in [-0.4, -0.2) is 34.6 Å². The minimum atomic E-state index is -1.27. The third-order valence-electron chi connectivity index (χ3n) is 7.37. The summed E-state index contributed by atoms with van der Waals surface area (Å²) in [5.74, 6) is -1.52. The summed E-state index contributed by atoms with van der Waals surface area (Å²) in [6.07, 6.45) is 7.27. The lowest BCUT2D eigenvalue weighted by atomic mass is 9.82. The number of fused-ring (bicyclic) bond motifs is 1. The Bertz CT molecular complexity index is 1090. The molecule has 2 aromatic heterocycles. The summed E-state index contributed by atoms with van der Waals surface area (Å²) in [7, 11) is 0. The number of carboxylic acid groups (broad SMARTS) is 1. The standard InChI is InChI=1S/C22H26FN3O3/c1-12-18-14(13-4-5-13)9-15(21(28)29)20(27)26(18)10-16(23)19(12)25-8-7-22(11-25)6-2-3-17(22)24/h9-10,13,17H,2-8,11,24H2,1H3,(H,28,29)/t17-,22?/m0/s1. The molecule has 0 aromatic carbocycles. The van der Waals surface area contributed by atoms with E-state index in [1.54, 1.807) is 0 Å². The minimum absolute atomic E-state index is 0.0527. The third kappa shape index (κ3) is 2.70. The van der Waals surface area contributed by atoms with Crippen LogP contribution < -0.4 is 16.2 Å². The molecule has 5 rings (SSSR count). The van der Waals surface area contributed by atoms with Crippen molar-refractivity contribution in [2.75, 3.05) is 18.0 Å². The van der Waals surface area contributed by atoms with Gasteiger partial charge in [-0.1, -0.05) is 6.42 Å². The fraction of sp³-hybridized carbons (Fsp3) is 0.545. The van der Waals surface area contributed by atoms with Gasteiger partial charge in [0.25, 0.3) is 5.56 Å². The Balaban J connectivity index is 1.69. The average molecular weight is 399 g/mol. The van der Waals surface area contributed by atoms with Crippen LogP contribution in [0.5, 0.6) is 0 Å². The molecule has 29 heavy (non-hydrogen) atoms. The van der Waals surface area contributed by atoms with E-state index in [2.05, 4.69) is 4.90 Å². The van der Waals surface area contributed by atoms with Crippen LogP contribution in [-0.2, 0) is 0 Å². The van der Waals surface area contributed by atoms with E-state index in [4.69, 9.17) is 5.73 Å². The van der Waals surface area contributed by atoms with Gasteiger partial charge in [0, 0.05) is 24.5 Å². The number of aromatic nitrogens is 1. The Morgan fingerprint density at radius 3 is 2.69 bits per heavy atom. The molecule has 1 aliphatic heterocycles. The fourth-order valence-electron chi connectivity index (χ4n) is 5.65. The van der Waals surface area contributed by atoms with Gasteiger partial charge in [0.1, 0.15) is 5.56 Å². The van der Waals surface area contributed by atoms with Crippen LogP contribution in [0.1, 0.15) is 65.9 Å². The van der Waals surface area contributed by atoms with Gasteiger partial charge >= 0.3 is 5.97 Å². The highest BCUT2D eigenvalue weighted by atomic mass is 19.1. The topological polar surface area (TPSA) is 88.0 Å². The molecule has 2 saturated carbocycles. The molecule has 6 nitrogen and oxygen atoms in total. The van der Waals surface area contributed by atoms with Crippen LogP contribution >= 0.6 is 0 Å². The Kier molecular flexibility index (Phi) is 4.04. The van der Waals surface area contributed by atoms with Crippen molar-refractivity contribution in [1.82, 2.24) is 4.40 Å². The molecule has 0 bridgehead atoms. The quantitative estimate of drug-likeness (QED) is 0.828. The van der Waals surface area contributed by atoms with Crippen molar-refractivity contribution in [3.05, 3.63) is 45.1 Å². The highest BCUT2D eigenvalue weighted by molar-refractivity contribution is 5.89. The molecular weight excluding hydrogens is 373 g/mol. The first-order valence-electron chi connectivity index (χ1n) is 10.4. The molecule has 3 aliphatic rings. The maximum Gasteiger partial charge on any atom is 0.341 e. The number of nitrogens with two attached hydrogens (primary N) is 1. The van der Waals surface area contributed by atoms with Crippen molar-refractivity contribution in [2.45, 2.75) is 57.4 Å². The van der Waals surface area contributed by atoms with Crippen molar-refractivity contribution >= 4 is 17.2 Å². The Hall–Kier alpha value is -2.41. The van der Waals surface area contributed by atoms with Crippen molar-refractivity contribution in [1.29, 1.82) is 0 Å². The molecule has 3 heterocycles. The average Bonchev–Trinajstić information content (AvgIpc) is 3.34. The van der Waals surface area contributed by atoms with Crippen LogP contribution in [0.2, 0.25) is 0 Å². The molecule has 2 aliphatic carbocycles. The largest absolute Gasteiger partial charge is 0.477 e. The summed E-state index contributed by atoms with van der Waals surface area (Å²) in [5.41, 5.74) is 8.22. The lowest BCUT2D eigenvalue weighted by molar-refractivity contribution is 0.0694. The lowest BCUT2D eigenvalue weighted by Crippen LogP contribution is -2.39. The number of carbonyl (C=O) groups is 1. The Labute approximate surface area is 168 Å². The van der Waals surface area contributed by atoms with Crippen molar-refractivity contribution in [3.63, 3.8) is 0 Å². The van der Waals surface area contributed by atoms with E-state index < -0.39 is 17.3 Å². The highest BCUT2D eigenvalue weighted by Gasteiger charge is 2.46. The molecule has 3 N–H and O–H groups in total. The van der Waals surface area contributed by atoms with Gasteiger partial charge in [0.2, 0.25) is 0 Å². The number of pyridine rings is 2. The number of rotatable bonds is 3. The lowest BCUT2D eigenvalue weighted by Gasteiger charge is -2.30. The minimum Gasteiger partial charge on any atom is -0.477 e. The zero-order valence-corrected chi connectivity index (χ0v) is 16.6. The molecule has 0 radical (unpaired) electrons. The van der Waals surface area contributed by atoms with Crippen LogP contribution in [0.15, 0.2) is 17.1 Å². The molecule has 2 atom stereocenters. The molecule has 2 aromatic rings. The number of carboxylic acids is 1. The Morgan fingerprint density at radius 2 is 2.07 bits per heavy atom. The van der Waals surface area contributed by atoms with E-state index in [1.165, 1.54) is 16.7 Å². The number of aromatic carboxylic acids is 1. The molecule has 0 amide bonds. The predicted molar refractivity (Wildman–Crippen MR) is 108 cm³/mol. The number of anilines is 1. The molecular formula is C22H26FN3O3. The SMILES string of the molecule is Cc1c(N2CCC3(CCC[C@@H]3N)C2)c(F)cn2c(=O)c(C(=O)O)cc(C3CC3)c12. The number of nitrogens with zero attached hydrogens (tertiary/aromatic N) is 2. The monoisotopic (exact) mass is 399 g/mol. The first-order valence-corrected chi connectivity index (χ1v) is 10.4. The summed E-state index contributed by atoms with van der Waals surface area (Å²) >= 11 is 0. The molecule has 1 unspecified atom stereocenters. The summed E-state index contributed by atoms with van der Waals surface area (Å²) in [6, 6.07) is 1.66. The van der Waals surface area contributed by atoms with Gasteiger partial charge in [-0.25, -0.2) is 9.18 Å². The maximum atomic E-state index is 15.3. The van der Waals surface area contributed by atoms with E-state index in [1.807, 2.05) is 6.92 Å². The van der Waals surface area contributed by atoms with E-state index in [0.717, 1.165) is 57.2 Å². The van der Waals surface area contributed by atoms with Crippen LogP contribution in [0.3, 0.4) is 0 Å². The Morgan fingerprint density at radius 1 is 1.31 bits per heavy atom. The van der Waals surface area contributed by atoms with E-state index in [9.17, 15) is 14.7 Å². The van der Waals surface area contributed by atoms with Crippen molar-refractivity contribution < 1.29 is 14.3 Å². The second kappa shape index (κ2) is 6.29. The smallest absolute Gasteiger partial charge is 0.341 e. The van der Waals surface area contributed by atoms with Gasteiger partial charge < -0.3 is 15.7 Å². The van der Waals surface area contributed by atoms with Crippen LogP contribution in [0.4, 0.5) is 10.1 Å². The molecule has 1 spiro atoms. The van der Waals surface area contributed by atoms with E-state index in [0.29, 0.717) is 16.8 Å². The van der Waals surface area contributed by atoms with Crippen LogP contribution in [0, 0.1) is 18.2 Å². The first-order chi connectivity index (χ1) is 13.8. The fourth-order valence-corrected chi connectivity index (χ4v) is 5.65. The number of halogens is 1. The summed E-state index contributed by atoms with van der Waals surface area (Å²) in [4.78, 5) is 26.4. The summed E-state index contributed by atoms with van der Waals surface area (Å²) in [6.45, 7) is 3.33. The number of hydrogen-bond donors (Lipinski definition) is 2. The summed E-state index contributed by atoms with van der Waals surface area (Å²) < 4.78 is 16.5. The third-order valence-corrected chi connectivity index (χ3v) is 7.37. The van der Waals surface area contributed by atoms with Gasteiger partial charge in [0.05, 0.1) is 17.4 Å². The second-order valence-corrected chi connectivity index (χ2v) is 9.10. The normalized spacial score (nSPS) is 26.7. The maximum absolute atomic E-state index is 15.3.